The third-order valence-corrected chi connectivity index (χ3v) is 4.94. The number of hydrogen-bond acceptors (Lipinski definition) is 0. The minimum Gasteiger partial charge on any atom is -0.340 e. The Balaban J connectivity index is 1.90. The van der Waals surface area contributed by atoms with Gasteiger partial charge in [-0.2, -0.15) is 0 Å². The predicted molar refractivity (Wildman–Crippen MR) is 89.1 cm³/mol. The molecule has 4 rings (SSSR count). The van der Waals surface area contributed by atoms with Gasteiger partial charge in [-0.1, -0.05) is 48.0 Å². The Kier molecular flexibility index (Phi) is 3.23. The largest absolute Gasteiger partial charge is 0.340 e. The lowest BCUT2D eigenvalue weighted by molar-refractivity contribution is 0.638. The highest BCUT2D eigenvalue weighted by atomic mass is 35.5. The van der Waals surface area contributed by atoms with Crippen LogP contribution in [0.5, 0.6) is 0 Å². The third kappa shape index (κ3) is 2.16. The van der Waals surface area contributed by atoms with Crippen LogP contribution in [0.3, 0.4) is 0 Å². The van der Waals surface area contributed by atoms with Gasteiger partial charge in [-0.3, -0.25) is 0 Å². The second kappa shape index (κ2) is 5.23. The van der Waals surface area contributed by atoms with E-state index in [1.54, 1.807) is 5.56 Å². The molecule has 0 aliphatic heterocycles. The molecule has 21 heavy (non-hydrogen) atoms. The number of nitrogens with zero attached hydrogens (tertiary/aromatic N) is 1. The van der Waals surface area contributed by atoms with Gasteiger partial charge in [-0.05, 0) is 48.9 Å². The first kappa shape index (κ1) is 13.0. The summed E-state index contributed by atoms with van der Waals surface area (Å²) in [4.78, 5) is 0. The van der Waals surface area contributed by atoms with Crippen LogP contribution >= 0.6 is 11.6 Å². The lowest BCUT2D eigenvalue weighted by atomic mass is 9.95. The highest BCUT2D eigenvalue weighted by Crippen LogP contribution is 2.33. The molecule has 0 N–H and O–H groups in total. The molecule has 1 aromatic heterocycles. The van der Waals surface area contributed by atoms with Crippen LogP contribution in [-0.2, 0) is 19.4 Å². The summed E-state index contributed by atoms with van der Waals surface area (Å²) in [5.74, 6) is 0. The smallest absolute Gasteiger partial charge is 0.0493 e. The normalized spacial score (nSPS) is 14.3. The summed E-state index contributed by atoms with van der Waals surface area (Å²) in [5, 5.41) is 2.29. The zero-order chi connectivity index (χ0) is 14.2. The van der Waals surface area contributed by atoms with Crippen molar-refractivity contribution in [3.8, 4) is 0 Å². The number of halogens is 1. The van der Waals surface area contributed by atoms with Gasteiger partial charge in [0.15, 0.2) is 0 Å². The van der Waals surface area contributed by atoms with Crippen LogP contribution in [0, 0.1) is 0 Å². The van der Waals surface area contributed by atoms with E-state index in [9.17, 15) is 0 Å². The predicted octanol–water partition coefficient (Wildman–Crippen LogP) is 5.22. The molecule has 0 atom stereocenters. The topological polar surface area (TPSA) is 4.93 Å². The molecule has 0 unspecified atom stereocenters. The summed E-state index contributed by atoms with van der Waals surface area (Å²) in [5.41, 5.74) is 5.63. The Bertz CT molecular complexity index is 800. The van der Waals surface area contributed by atoms with E-state index >= 15 is 0 Å². The summed E-state index contributed by atoms with van der Waals surface area (Å²) in [6, 6.07) is 17.0. The Morgan fingerprint density at radius 3 is 2.57 bits per heavy atom. The van der Waals surface area contributed by atoms with E-state index in [4.69, 9.17) is 11.6 Å². The highest BCUT2D eigenvalue weighted by molar-refractivity contribution is 6.31. The van der Waals surface area contributed by atoms with E-state index in [-0.39, 0.29) is 0 Å². The molecule has 0 fully saturated rings. The SMILES string of the molecule is Clc1ccccc1Cn1c2c(c3ccccc31)CCCC2. The van der Waals surface area contributed by atoms with Gasteiger partial charge in [-0.25, -0.2) is 0 Å². The Morgan fingerprint density at radius 1 is 0.905 bits per heavy atom. The maximum Gasteiger partial charge on any atom is 0.0493 e. The summed E-state index contributed by atoms with van der Waals surface area (Å²) in [6.07, 6.45) is 5.01. The van der Waals surface area contributed by atoms with E-state index in [2.05, 4.69) is 41.0 Å². The molecule has 2 heteroatoms. The molecule has 0 radical (unpaired) electrons. The molecule has 0 spiro atoms. The fraction of sp³-hybridized carbons (Fsp3) is 0.263. The van der Waals surface area contributed by atoms with Gasteiger partial charge in [0, 0.05) is 28.2 Å². The maximum absolute atomic E-state index is 6.36. The molecule has 0 saturated heterocycles. The monoisotopic (exact) mass is 295 g/mol. The van der Waals surface area contributed by atoms with E-state index in [1.165, 1.54) is 47.8 Å². The number of benzene rings is 2. The van der Waals surface area contributed by atoms with Gasteiger partial charge in [0.05, 0.1) is 0 Å². The molecule has 1 aliphatic carbocycles. The van der Waals surface area contributed by atoms with Crippen LogP contribution < -0.4 is 0 Å². The molecular weight excluding hydrogens is 278 g/mol. The molecule has 0 saturated carbocycles. The Hall–Kier alpha value is -1.73. The molecule has 3 aromatic rings. The van der Waals surface area contributed by atoms with Gasteiger partial charge in [0.25, 0.3) is 0 Å². The summed E-state index contributed by atoms with van der Waals surface area (Å²) < 4.78 is 2.48. The quantitative estimate of drug-likeness (QED) is 0.611. The lowest BCUT2D eigenvalue weighted by Gasteiger charge is -2.16. The van der Waals surface area contributed by atoms with Crippen molar-refractivity contribution in [3.05, 3.63) is 70.4 Å². The van der Waals surface area contributed by atoms with Crippen molar-refractivity contribution in [2.75, 3.05) is 0 Å². The zero-order valence-electron chi connectivity index (χ0n) is 12.0. The van der Waals surface area contributed by atoms with Crippen LogP contribution in [0.2, 0.25) is 5.02 Å². The molecule has 1 nitrogen and oxygen atoms in total. The van der Waals surface area contributed by atoms with Crippen molar-refractivity contribution in [3.63, 3.8) is 0 Å². The highest BCUT2D eigenvalue weighted by Gasteiger charge is 2.19. The summed E-state index contributed by atoms with van der Waals surface area (Å²) >= 11 is 6.36. The number of aromatic nitrogens is 1. The standard InChI is InChI=1S/C19H18ClN/c20-17-10-4-1-7-14(17)13-21-18-11-5-2-8-15(18)16-9-3-6-12-19(16)21/h1-2,4-5,7-8,10-11H,3,6,9,12-13H2. The van der Waals surface area contributed by atoms with Crippen LogP contribution in [0.15, 0.2) is 48.5 Å². The van der Waals surface area contributed by atoms with Crippen LogP contribution in [0.25, 0.3) is 10.9 Å². The van der Waals surface area contributed by atoms with Crippen molar-refractivity contribution in [2.24, 2.45) is 0 Å². The minimum atomic E-state index is 0.861. The summed E-state index contributed by atoms with van der Waals surface area (Å²) in [7, 11) is 0. The van der Waals surface area contributed by atoms with Crippen molar-refractivity contribution in [1.82, 2.24) is 4.57 Å². The van der Waals surface area contributed by atoms with E-state index in [0.717, 1.165) is 11.6 Å². The molecular formula is C19H18ClN. The zero-order valence-corrected chi connectivity index (χ0v) is 12.7. The van der Waals surface area contributed by atoms with Crippen molar-refractivity contribution < 1.29 is 0 Å². The maximum atomic E-state index is 6.36. The molecule has 1 aliphatic rings. The van der Waals surface area contributed by atoms with E-state index < -0.39 is 0 Å². The fourth-order valence-corrected chi connectivity index (χ4v) is 3.76. The molecule has 2 aromatic carbocycles. The first-order valence-corrected chi connectivity index (χ1v) is 8.05. The number of fused-ring (bicyclic) bond motifs is 3. The van der Waals surface area contributed by atoms with Gasteiger partial charge in [-0.15, -0.1) is 0 Å². The van der Waals surface area contributed by atoms with E-state index in [0.29, 0.717) is 0 Å². The molecule has 1 heterocycles. The second-order valence-corrected chi connectivity index (χ2v) is 6.23. The van der Waals surface area contributed by atoms with Crippen LogP contribution in [0.4, 0.5) is 0 Å². The van der Waals surface area contributed by atoms with Gasteiger partial charge in [0.1, 0.15) is 0 Å². The average Bonchev–Trinajstić information content (AvgIpc) is 2.85. The van der Waals surface area contributed by atoms with Gasteiger partial charge in [0.2, 0.25) is 0 Å². The number of hydrogen-bond donors (Lipinski definition) is 0. The first-order chi connectivity index (χ1) is 10.3. The number of aryl methyl sites for hydroxylation is 1. The van der Waals surface area contributed by atoms with Gasteiger partial charge < -0.3 is 4.57 Å². The number of para-hydroxylation sites is 1. The third-order valence-electron chi connectivity index (χ3n) is 4.57. The first-order valence-electron chi connectivity index (χ1n) is 7.67. The summed E-state index contributed by atoms with van der Waals surface area (Å²) in [6.45, 7) is 0.871. The average molecular weight is 296 g/mol. The lowest BCUT2D eigenvalue weighted by Crippen LogP contribution is -2.09. The van der Waals surface area contributed by atoms with Crippen molar-refractivity contribution in [2.45, 2.75) is 32.2 Å². The van der Waals surface area contributed by atoms with E-state index in [1.807, 2.05) is 12.1 Å². The van der Waals surface area contributed by atoms with Crippen LogP contribution in [-0.4, -0.2) is 4.57 Å². The fourth-order valence-electron chi connectivity index (χ4n) is 3.56. The second-order valence-electron chi connectivity index (χ2n) is 5.83. The molecule has 0 amide bonds. The Labute approximate surface area is 130 Å². The van der Waals surface area contributed by atoms with Gasteiger partial charge >= 0.3 is 0 Å². The number of rotatable bonds is 2. The minimum absolute atomic E-state index is 0.861. The Morgan fingerprint density at radius 2 is 1.67 bits per heavy atom. The van der Waals surface area contributed by atoms with Crippen molar-refractivity contribution in [1.29, 1.82) is 0 Å². The molecule has 0 bridgehead atoms. The molecule has 106 valence electrons. The van der Waals surface area contributed by atoms with Crippen molar-refractivity contribution >= 4 is 22.5 Å². The van der Waals surface area contributed by atoms with Crippen LogP contribution in [0.1, 0.15) is 29.7 Å².